The predicted octanol–water partition coefficient (Wildman–Crippen LogP) is 2.43. The van der Waals surface area contributed by atoms with Crippen molar-refractivity contribution in [2.45, 2.75) is 6.92 Å². The molecule has 1 rings (SSSR count). The first-order chi connectivity index (χ1) is 4.74. The van der Waals surface area contributed by atoms with E-state index < -0.39 is 0 Å². The molecule has 1 aromatic heterocycles. The van der Waals surface area contributed by atoms with Gasteiger partial charge in [0.15, 0.2) is 5.17 Å². The summed E-state index contributed by atoms with van der Waals surface area (Å²) in [5, 5.41) is 11.3. The van der Waals surface area contributed by atoms with Crippen LogP contribution in [-0.2, 0) is 0 Å². The number of thiophene rings is 1. The lowest BCUT2D eigenvalue weighted by atomic mass is 10.4. The van der Waals surface area contributed by atoms with Crippen molar-refractivity contribution in [3.05, 3.63) is 21.9 Å². The van der Waals surface area contributed by atoms with Crippen LogP contribution in [0.25, 0.3) is 0 Å². The van der Waals surface area contributed by atoms with Crippen molar-refractivity contribution in [1.29, 1.82) is 0 Å². The van der Waals surface area contributed by atoms with Crippen molar-refractivity contribution in [3.63, 3.8) is 0 Å². The minimum atomic E-state index is 0.151. The van der Waals surface area contributed by atoms with E-state index in [9.17, 15) is 0 Å². The van der Waals surface area contributed by atoms with Crippen molar-refractivity contribution >= 4 is 28.1 Å². The van der Waals surface area contributed by atoms with Gasteiger partial charge in [0, 0.05) is 4.88 Å². The Hall–Kier alpha value is -0.540. The van der Waals surface area contributed by atoms with Crippen molar-refractivity contribution in [2.75, 3.05) is 0 Å². The van der Waals surface area contributed by atoms with Crippen LogP contribution in [0.1, 0.15) is 9.75 Å². The van der Waals surface area contributed by atoms with Gasteiger partial charge in [-0.3, -0.25) is 0 Å². The average molecular weight is 176 g/mol. The molecule has 0 fully saturated rings. The number of oxime groups is 1. The zero-order chi connectivity index (χ0) is 7.56. The zero-order valence-corrected chi connectivity index (χ0v) is 6.91. The van der Waals surface area contributed by atoms with E-state index in [1.165, 1.54) is 11.3 Å². The molecule has 0 aromatic carbocycles. The fourth-order valence-electron chi connectivity index (χ4n) is 0.595. The van der Waals surface area contributed by atoms with E-state index in [0.29, 0.717) is 0 Å². The van der Waals surface area contributed by atoms with Gasteiger partial charge in [-0.05, 0) is 19.1 Å². The van der Waals surface area contributed by atoms with Crippen LogP contribution >= 0.6 is 22.9 Å². The molecule has 54 valence electrons. The van der Waals surface area contributed by atoms with Gasteiger partial charge in [-0.25, -0.2) is 0 Å². The van der Waals surface area contributed by atoms with E-state index in [4.69, 9.17) is 16.8 Å². The molecule has 0 aliphatic rings. The van der Waals surface area contributed by atoms with E-state index in [1.807, 2.05) is 19.1 Å². The number of hydrogen-bond acceptors (Lipinski definition) is 3. The van der Waals surface area contributed by atoms with Crippen LogP contribution in [-0.4, -0.2) is 10.4 Å². The van der Waals surface area contributed by atoms with Gasteiger partial charge in [-0.1, -0.05) is 16.8 Å². The summed E-state index contributed by atoms with van der Waals surface area (Å²) in [5.74, 6) is 0. The van der Waals surface area contributed by atoms with Crippen molar-refractivity contribution in [2.24, 2.45) is 5.16 Å². The Morgan fingerprint density at radius 3 is 2.80 bits per heavy atom. The molecule has 2 nitrogen and oxygen atoms in total. The van der Waals surface area contributed by atoms with Gasteiger partial charge in [-0.15, -0.1) is 11.3 Å². The van der Waals surface area contributed by atoms with Gasteiger partial charge in [0.2, 0.25) is 0 Å². The molecule has 0 atom stereocenters. The van der Waals surface area contributed by atoms with E-state index in [1.54, 1.807) is 0 Å². The second-order valence-electron chi connectivity index (χ2n) is 1.80. The summed E-state index contributed by atoms with van der Waals surface area (Å²) in [4.78, 5) is 1.94. The Labute approximate surface area is 67.7 Å². The summed E-state index contributed by atoms with van der Waals surface area (Å²) in [7, 11) is 0. The summed E-state index contributed by atoms with van der Waals surface area (Å²) in [6.45, 7) is 1.97. The standard InChI is InChI=1S/C6H6ClNOS/c1-4-2-3-5(10-4)6(7)8-9/h2-3,9H,1H3/b8-6-. The number of hydrogen-bond donors (Lipinski definition) is 1. The Morgan fingerprint density at radius 1 is 1.70 bits per heavy atom. The summed E-state index contributed by atoms with van der Waals surface area (Å²) in [5.41, 5.74) is 0. The SMILES string of the molecule is Cc1ccc(/C(Cl)=N/O)s1. The topological polar surface area (TPSA) is 32.6 Å². The second-order valence-corrected chi connectivity index (χ2v) is 3.45. The minimum Gasteiger partial charge on any atom is -0.410 e. The molecule has 1 aromatic rings. The molecule has 0 unspecified atom stereocenters. The van der Waals surface area contributed by atoms with E-state index in [2.05, 4.69) is 5.16 Å². The number of aryl methyl sites for hydroxylation is 1. The highest BCUT2D eigenvalue weighted by molar-refractivity contribution is 7.15. The second kappa shape index (κ2) is 3.03. The van der Waals surface area contributed by atoms with E-state index in [0.717, 1.165) is 9.75 Å². The fraction of sp³-hybridized carbons (Fsp3) is 0.167. The van der Waals surface area contributed by atoms with Crippen molar-refractivity contribution in [3.8, 4) is 0 Å². The molecule has 0 bridgehead atoms. The van der Waals surface area contributed by atoms with Crippen LogP contribution in [0.15, 0.2) is 17.3 Å². The molecule has 0 aliphatic heterocycles. The lowest BCUT2D eigenvalue weighted by Crippen LogP contribution is -1.83. The number of rotatable bonds is 1. The third kappa shape index (κ3) is 1.49. The van der Waals surface area contributed by atoms with Crippen LogP contribution in [0.2, 0.25) is 0 Å². The Balaban J connectivity index is 2.95. The summed E-state index contributed by atoms with van der Waals surface area (Å²) < 4.78 is 0. The summed E-state index contributed by atoms with van der Waals surface area (Å²) >= 11 is 7.01. The largest absolute Gasteiger partial charge is 0.410 e. The molecule has 1 heterocycles. The molecule has 1 N–H and O–H groups in total. The van der Waals surface area contributed by atoms with Gasteiger partial charge in [0.05, 0.1) is 4.88 Å². The average Bonchev–Trinajstić information content (AvgIpc) is 2.34. The van der Waals surface area contributed by atoms with Gasteiger partial charge in [-0.2, -0.15) is 0 Å². The predicted molar refractivity (Wildman–Crippen MR) is 43.2 cm³/mol. The van der Waals surface area contributed by atoms with E-state index in [-0.39, 0.29) is 5.17 Å². The monoisotopic (exact) mass is 175 g/mol. The molecule has 0 amide bonds. The maximum absolute atomic E-state index is 8.26. The molecule has 4 heteroatoms. The highest BCUT2D eigenvalue weighted by Crippen LogP contribution is 2.17. The first-order valence-corrected chi connectivity index (χ1v) is 3.88. The van der Waals surface area contributed by atoms with E-state index >= 15 is 0 Å². The zero-order valence-electron chi connectivity index (χ0n) is 5.34. The first-order valence-electron chi connectivity index (χ1n) is 2.68. The lowest BCUT2D eigenvalue weighted by molar-refractivity contribution is 0.321. The Morgan fingerprint density at radius 2 is 2.40 bits per heavy atom. The van der Waals surface area contributed by atoms with Gasteiger partial charge >= 0.3 is 0 Å². The molecule has 0 spiro atoms. The normalized spacial score (nSPS) is 12.0. The smallest absolute Gasteiger partial charge is 0.185 e. The molecule has 0 saturated carbocycles. The quantitative estimate of drug-likeness (QED) is 0.397. The van der Waals surface area contributed by atoms with Crippen molar-refractivity contribution in [1.82, 2.24) is 0 Å². The maximum atomic E-state index is 8.26. The Kier molecular flexibility index (Phi) is 2.29. The molecule has 0 saturated heterocycles. The molecular weight excluding hydrogens is 170 g/mol. The summed E-state index contributed by atoms with van der Waals surface area (Å²) in [6, 6.07) is 3.75. The lowest BCUT2D eigenvalue weighted by Gasteiger charge is -1.85. The molecule has 0 radical (unpaired) electrons. The first kappa shape index (κ1) is 7.57. The molecular formula is C6H6ClNOS. The minimum absolute atomic E-state index is 0.151. The van der Waals surface area contributed by atoms with Crippen LogP contribution in [0.3, 0.4) is 0 Å². The van der Waals surface area contributed by atoms with Crippen molar-refractivity contribution < 1.29 is 5.21 Å². The van der Waals surface area contributed by atoms with Gasteiger partial charge < -0.3 is 5.21 Å². The third-order valence-corrected chi connectivity index (χ3v) is 2.43. The Bertz CT molecular complexity index is 256. The maximum Gasteiger partial charge on any atom is 0.185 e. The highest BCUT2D eigenvalue weighted by Gasteiger charge is 2.01. The number of halogens is 1. The highest BCUT2D eigenvalue weighted by atomic mass is 35.5. The fourth-order valence-corrected chi connectivity index (χ4v) is 1.52. The van der Waals surface area contributed by atoms with Gasteiger partial charge in [0.25, 0.3) is 0 Å². The van der Waals surface area contributed by atoms with Crippen LogP contribution in [0.4, 0.5) is 0 Å². The molecule has 0 aliphatic carbocycles. The van der Waals surface area contributed by atoms with Crippen LogP contribution in [0.5, 0.6) is 0 Å². The molecule has 10 heavy (non-hydrogen) atoms. The van der Waals surface area contributed by atoms with Crippen LogP contribution < -0.4 is 0 Å². The van der Waals surface area contributed by atoms with Crippen LogP contribution in [0, 0.1) is 6.92 Å². The summed E-state index contributed by atoms with van der Waals surface area (Å²) in [6.07, 6.45) is 0. The number of nitrogens with zero attached hydrogens (tertiary/aromatic N) is 1. The third-order valence-electron chi connectivity index (χ3n) is 1.03. The van der Waals surface area contributed by atoms with Gasteiger partial charge in [0.1, 0.15) is 0 Å².